The van der Waals surface area contributed by atoms with E-state index >= 15 is 0 Å². The molecule has 2 heterocycles. The molecule has 6 nitrogen and oxygen atoms in total. The topological polar surface area (TPSA) is 81.9 Å². The van der Waals surface area contributed by atoms with E-state index in [1.54, 1.807) is 0 Å². The van der Waals surface area contributed by atoms with Crippen LogP contribution in [0.5, 0.6) is 5.75 Å². The Morgan fingerprint density at radius 1 is 1.42 bits per heavy atom. The quantitative estimate of drug-likeness (QED) is 0.537. The molecular weight excluding hydrogens is 371 g/mol. The van der Waals surface area contributed by atoms with Gasteiger partial charge in [0.05, 0.1) is 32.9 Å². The molecule has 0 aliphatic carbocycles. The highest BCUT2D eigenvalue weighted by Gasteiger charge is 2.29. The first-order valence-corrected chi connectivity index (χ1v) is 8.48. The normalized spacial score (nSPS) is 15.2. The first-order valence-electron chi connectivity index (χ1n) is 9.16. The highest BCUT2D eigenvalue weighted by atomic mass is 32.2. The van der Waals surface area contributed by atoms with Crippen molar-refractivity contribution in [3.8, 4) is 5.75 Å². The van der Waals surface area contributed by atoms with Gasteiger partial charge in [-0.1, -0.05) is 12.1 Å². The second kappa shape index (κ2) is 6.94. The number of nitrogens with zero attached hydrogens (tertiary/aromatic N) is 2. The molecule has 0 saturated heterocycles. The summed E-state index contributed by atoms with van der Waals surface area (Å²) in [6, 6.07) is -0.718. The van der Waals surface area contributed by atoms with Crippen molar-refractivity contribution in [2.45, 2.75) is 24.0 Å². The summed E-state index contributed by atoms with van der Waals surface area (Å²) in [5.41, 5.74) is -0.185. The second-order valence-electron chi connectivity index (χ2n) is 5.24. The molecule has 26 heavy (non-hydrogen) atoms. The lowest BCUT2D eigenvalue weighted by molar-refractivity contribution is -0.613. The van der Waals surface area contributed by atoms with Gasteiger partial charge in [-0.05, 0) is 19.0 Å². The predicted octanol–water partition coefficient (Wildman–Crippen LogP) is 2.75. The Hall–Kier alpha value is -2.62. The molecule has 0 radical (unpaired) electrons. The number of para-hydroxylation sites is 2. The minimum Gasteiger partial charge on any atom is -0.618 e. The summed E-state index contributed by atoms with van der Waals surface area (Å²) in [7, 11) is -2.00. The first kappa shape index (κ1) is 13.6. The fourth-order valence-electron chi connectivity index (χ4n) is 2.16. The average molecular weight is 389 g/mol. The number of imidazole rings is 1. The van der Waals surface area contributed by atoms with E-state index in [0.29, 0.717) is 4.73 Å². The summed E-state index contributed by atoms with van der Waals surface area (Å²) in [5.74, 6) is -0.615. The molecule has 0 fully saturated rings. The van der Waals surface area contributed by atoms with Crippen LogP contribution in [0.3, 0.4) is 0 Å². The van der Waals surface area contributed by atoms with E-state index < -0.39 is 47.5 Å². The summed E-state index contributed by atoms with van der Waals surface area (Å²) in [4.78, 5) is 6.54. The van der Waals surface area contributed by atoms with E-state index in [9.17, 15) is 22.6 Å². The third-order valence-electron chi connectivity index (χ3n) is 3.42. The second-order valence-corrected chi connectivity index (χ2v) is 6.60. The number of H-pyrrole nitrogens is 1. The fraction of sp³-hybridized carbons (Fsp3) is 0.250. The molecule has 0 amide bonds. The zero-order valence-electron chi connectivity index (χ0n) is 17.2. The molecule has 2 aromatic heterocycles. The van der Waals surface area contributed by atoms with Gasteiger partial charge in [0.1, 0.15) is 11.5 Å². The van der Waals surface area contributed by atoms with Crippen LogP contribution in [0.2, 0.25) is 0 Å². The minimum absolute atomic E-state index is 0.0432. The molecule has 10 heteroatoms. The highest BCUT2D eigenvalue weighted by molar-refractivity contribution is 7.84. The molecule has 1 unspecified atom stereocenters. The highest BCUT2D eigenvalue weighted by Crippen LogP contribution is 2.24. The van der Waals surface area contributed by atoms with Crippen molar-refractivity contribution in [2.24, 2.45) is 0 Å². The number of hydrogen-bond acceptors (Lipinski definition) is 4. The number of rotatable bonds is 5. The first-order chi connectivity index (χ1) is 13.9. The summed E-state index contributed by atoms with van der Waals surface area (Å²) in [5, 5.41) is 11.9. The predicted molar refractivity (Wildman–Crippen MR) is 87.9 cm³/mol. The SMILES string of the molecule is [2H]c1c([2H])c([2H])c2[nH]c(S(=O)Cc3c(C)c(OCC(F)(F)F)cc[n+]3[O-])nc2c1[2H]. The van der Waals surface area contributed by atoms with Gasteiger partial charge in [0.25, 0.3) is 0 Å². The van der Waals surface area contributed by atoms with Crippen molar-refractivity contribution in [2.75, 3.05) is 6.61 Å². The molecular formula is C16H14F3N3O3S. The van der Waals surface area contributed by atoms with E-state index in [1.807, 2.05) is 0 Å². The van der Waals surface area contributed by atoms with Gasteiger partial charge >= 0.3 is 6.18 Å². The van der Waals surface area contributed by atoms with Crippen LogP contribution >= 0.6 is 0 Å². The van der Waals surface area contributed by atoms with Gasteiger partial charge in [-0.15, -0.1) is 0 Å². The van der Waals surface area contributed by atoms with Crippen molar-refractivity contribution >= 4 is 21.8 Å². The zero-order chi connectivity index (χ0) is 22.4. The van der Waals surface area contributed by atoms with Crippen molar-refractivity contribution in [3.63, 3.8) is 0 Å². The molecule has 1 atom stereocenters. The number of pyridine rings is 1. The van der Waals surface area contributed by atoms with Crippen LogP contribution in [0.1, 0.15) is 16.7 Å². The van der Waals surface area contributed by atoms with Gasteiger partial charge < -0.3 is 14.9 Å². The van der Waals surface area contributed by atoms with Crippen molar-refractivity contribution in [3.05, 3.63) is 52.9 Å². The van der Waals surface area contributed by atoms with Gasteiger partial charge in [0, 0.05) is 6.07 Å². The lowest BCUT2D eigenvalue weighted by Crippen LogP contribution is -2.33. The summed E-state index contributed by atoms with van der Waals surface area (Å²) in [6.45, 7) is -0.194. The smallest absolute Gasteiger partial charge is 0.422 e. The Balaban J connectivity index is 1.95. The monoisotopic (exact) mass is 389 g/mol. The number of halogens is 3. The van der Waals surface area contributed by atoms with Gasteiger partial charge in [-0.3, -0.25) is 4.21 Å². The lowest BCUT2D eigenvalue weighted by atomic mass is 10.2. The summed E-state index contributed by atoms with van der Waals surface area (Å²) >= 11 is 0. The van der Waals surface area contributed by atoms with Crippen LogP contribution in [0.15, 0.2) is 41.6 Å². The van der Waals surface area contributed by atoms with E-state index in [2.05, 4.69) is 9.97 Å². The van der Waals surface area contributed by atoms with Gasteiger partial charge in [0.2, 0.25) is 5.69 Å². The average Bonchev–Trinajstić information content (AvgIpc) is 3.12. The standard InChI is InChI=1S/C16H14F3N3O3S/c1-10-13(22(23)7-6-14(10)25-9-16(17,18)19)8-26(24)15-20-11-4-2-3-5-12(11)21-15/h2-7H,8-9H2,1H3,(H,20,21)/i2D,3D,4D,5D. The van der Waals surface area contributed by atoms with E-state index in [1.165, 1.54) is 6.92 Å². The maximum absolute atomic E-state index is 12.7. The Labute approximate surface area is 154 Å². The minimum atomic E-state index is -4.57. The molecule has 1 aromatic carbocycles. The number of hydrogen-bond donors (Lipinski definition) is 1. The Kier molecular flexibility index (Phi) is 3.62. The molecule has 0 spiro atoms. The van der Waals surface area contributed by atoms with Crippen LogP contribution in [-0.2, 0) is 16.6 Å². The van der Waals surface area contributed by atoms with Crippen molar-refractivity contribution in [1.82, 2.24) is 9.97 Å². The Bertz CT molecular complexity index is 1130. The van der Waals surface area contributed by atoms with E-state index in [0.717, 1.165) is 12.3 Å². The molecule has 0 aliphatic heterocycles. The number of benzene rings is 1. The number of nitrogens with one attached hydrogen (secondary N) is 1. The van der Waals surface area contributed by atoms with E-state index in [4.69, 9.17) is 10.2 Å². The Morgan fingerprint density at radius 2 is 2.15 bits per heavy atom. The number of alkyl halides is 3. The zero-order valence-corrected chi connectivity index (χ0v) is 14.0. The van der Waals surface area contributed by atoms with Gasteiger partial charge in [0.15, 0.2) is 18.0 Å². The maximum Gasteiger partial charge on any atom is 0.422 e. The van der Waals surface area contributed by atoms with Crippen LogP contribution < -0.4 is 9.47 Å². The van der Waals surface area contributed by atoms with Crippen LogP contribution in [0.25, 0.3) is 11.0 Å². The number of fused-ring (bicyclic) bond motifs is 1. The molecule has 0 saturated carbocycles. The summed E-state index contributed by atoms with van der Waals surface area (Å²) < 4.78 is 86.0. The number of aromatic amines is 1. The molecule has 0 bridgehead atoms. The van der Waals surface area contributed by atoms with Crippen LogP contribution in [0, 0.1) is 12.1 Å². The van der Waals surface area contributed by atoms with Gasteiger partial charge in [-0.2, -0.15) is 17.9 Å². The molecule has 138 valence electrons. The molecule has 3 rings (SSSR count). The van der Waals surface area contributed by atoms with E-state index in [-0.39, 0.29) is 39.2 Å². The fourth-order valence-corrected chi connectivity index (χ4v) is 3.30. The molecule has 0 aliphatic rings. The van der Waals surface area contributed by atoms with Crippen molar-refractivity contribution < 1.29 is 32.3 Å². The van der Waals surface area contributed by atoms with Crippen LogP contribution in [-0.4, -0.2) is 27.0 Å². The molecule has 1 N–H and O–H groups in total. The van der Waals surface area contributed by atoms with Gasteiger partial charge in [-0.25, -0.2) is 4.98 Å². The number of aromatic nitrogens is 3. The van der Waals surface area contributed by atoms with Crippen LogP contribution in [0.4, 0.5) is 13.2 Å². The summed E-state index contributed by atoms with van der Waals surface area (Å²) in [6.07, 6.45) is -3.63. The largest absolute Gasteiger partial charge is 0.618 e. The lowest BCUT2D eigenvalue weighted by Gasteiger charge is -2.13. The molecule has 3 aromatic rings. The maximum atomic E-state index is 12.7. The number of ether oxygens (including phenoxy) is 1. The third-order valence-corrected chi connectivity index (χ3v) is 4.58. The van der Waals surface area contributed by atoms with Crippen molar-refractivity contribution in [1.29, 1.82) is 0 Å². The third kappa shape index (κ3) is 3.96. The Morgan fingerprint density at radius 3 is 2.88 bits per heavy atom.